The van der Waals surface area contributed by atoms with Crippen LogP contribution in [0.3, 0.4) is 0 Å². The van der Waals surface area contributed by atoms with Crippen LogP contribution in [0.1, 0.15) is 0 Å². The smallest absolute Gasteiger partial charge is 0.184 e. The summed E-state index contributed by atoms with van der Waals surface area (Å²) in [7, 11) is 0. The molecule has 5 N–H and O–H groups in total. The molecule has 12 heavy (non-hydrogen) atoms. The maximum atomic E-state index is 9.12. The maximum absolute atomic E-state index is 9.12. The van der Waals surface area contributed by atoms with E-state index in [0.717, 1.165) is 0 Å². The van der Waals surface area contributed by atoms with Gasteiger partial charge in [0.2, 0.25) is 0 Å². The molecule has 0 bridgehead atoms. The molecule has 0 aromatic carbocycles. The Morgan fingerprint density at radius 3 is 2.00 bits per heavy atom. The fourth-order valence-electron chi connectivity index (χ4n) is 1.08. The van der Waals surface area contributed by atoms with Crippen molar-refractivity contribution >= 4 is 0 Å². The molecule has 0 radical (unpaired) electrons. The van der Waals surface area contributed by atoms with E-state index in [2.05, 4.69) is 4.74 Å². The highest BCUT2D eigenvalue weighted by Gasteiger charge is 2.42. The Morgan fingerprint density at radius 1 is 0.917 bits per heavy atom. The molecule has 5 atom stereocenters. The number of hydrogen-bond acceptors (Lipinski definition) is 6. The highest BCUT2D eigenvalue weighted by atomic mass is 16.6. The average molecular weight is 180 g/mol. The second-order valence-corrected chi connectivity index (χ2v) is 2.72. The van der Waals surface area contributed by atoms with Gasteiger partial charge in [0.25, 0.3) is 0 Å². The summed E-state index contributed by atoms with van der Waals surface area (Å²) in [5, 5.41) is 44.7. The lowest BCUT2D eigenvalue weighted by atomic mass is 10.00. The zero-order chi connectivity index (χ0) is 9.30. The van der Waals surface area contributed by atoms with E-state index >= 15 is 0 Å². The summed E-state index contributed by atoms with van der Waals surface area (Å²) in [6.45, 7) is -0.526. The maximum Gasteiger partial charge on any atom is 0.184 e. The molecule has 1 aliphatic rings. The van der Waals surface area contributed by atoms with E-state index in [-0.39, 0.29) is 0 Å². The Labute approximate surface area is 68.6 Å². The van der Waals surface area contributed by atoms with E-state index in [0.29, 0.717) is 0 Å². The number of hydrogen-bond donors (Lipinski definition) is 5. The third kappa shape index (κ3) is 1.58. The minimum absolute atomic E-state index is 0.526. The highest BCUT2D eigenvalue weighted by molar-refractivity contribution is 4.87. The molecule has 0 aromatic heterocycles. The predicted octanol–water partition coefficient (Wildman–Crippen LogP) is -3.22. The van der Waals surface area contributed by atoms with Crippen LogP contribution in [0.2, 0.25) is 0 Å². The second-order valence-electron chi connectivity index (χ2n) is 2.72. The normalized spacial score (nSPS) is 49.2. The molecule has 6 heteroatoms. The molecule has 6 nitrogen and oxygen atoms in total. The van der Waals surface area contributed by atoms with Crippen molar-refractivity contribution in [2.45, 2.75) is 30.7 Å². The predicted molar refractivity (Wildman–Crippen MR) is 36.0 cm³/mol. The Balaban J connectivity index is 2.63. The molecule has 0 aliphatic carbocycles. The van der Waals surface area contributed by atoms with Gasteiger partial charge in [0.1, 0.15) is 24.4 Å². The summed E-state index contributed by atoms with van der Waals surface area (Å²) in [5.74, 6) is 0. The molecule has 72 valence electrons. The van der Waals surface area contributed by atoms with Gasteiger partial charge in [0, 0.05) is 0 Å². The topological polar surface area (TPSA) is 110 Å². The first kappa shape index (κ1) is 9.85. The van der Waals surface area contributed by atoms with E-state index in [1.54, 1.807) is 0 Å². The monoisotopic (exact) mass is 180 g/mol. The molecule has 0 saturated carbocycles. The zero-order valence-corrected chi connectivity index (χ0v) is 6.24. The molecule has 1 heterocycles. The van der Waals surface area contributed by atoms with Gasteiger partial charge in [-0.1, -0.05) is 0 Å². The van der Waals surface area contributed by atoms with Crippen molar-refractivity contribution in [3.05, 3.63) is 0 Å². The standard InChI is InChI=1S/C6H12O6/c7-1-2-3(8)4(9)5(10)6(11)12-2/h2-11H,1H2/t2-,3?,4?,5-,6?/m1/s1. The van der Waals surface area contributed by atoms with Crippen LogP contribution in [0.15, 0.2) is 0 Å². The zero-order valence-electron chi connectivity index (χ0n) is 6.24. The van der Waals surface area contributed by atoms with Gasteiger partial charge in [-0.3, -0.25) is 0 Å². The third-order valence-electron chi connectivity index (χ3n) is 1.87. The minimum Gasteiger partial charge on any atom is -0.394 e. The summed E-state index contributed by atoms with van der Waals surface area (Å²) in [6, 6.07) is 0. The first-order valence-corrected chi connectivity index (χ1v) is 3.56. The fraction of sp³-hybridized carbons (Fsp3) is 1.00. The van der Waals surface area contributed by atoms with Gasteiger partial charge in [-0.15, -0.1) is 0 Å². The summed E-state index contributed by atoms with van der Waals surface area (Å²) < 4.78 is 4.58. The van der Waals surface area contributed by atoms with Crippen molar-refractivity contribution in [1.82, 2.24) is 0 Å². The van der Waals surface area contributed by atoms with Crippen LogP contribution in [0.5, 0.6) is 0 Å². The van der Waals surface area contributed by atoms with Crippen LogP contribution < -0.4 is 0 Å². The van der Waals surface area contributed by atoms with Crippen LogP contribution >= 0.6 is 0 Å². The lowest BCUT2D eigenvalue weighted by Gasteiger charge is -2.37. The van der Waals surface area contributed by atoms with Crippen LogP contribution in [0.25, 0.3) is 0 Å². The Hall–Kier alpha value is -0.240. The Bertz CT molecular complexity index is 146. The molecule has 3 unspecified atom stereocenters. The van der Waals surface area contributed by atoms with Crippen LogP contribution in [0.4, 0.5) is 0 Å². The summed E-state index contributed by atoms with van der Waals surface area (Å²) >= 11 is 0. The fourth-order valence-corrected chi connectivity index (χ4v) is 1.08. The van der Waals surface area contributed by atoms with E-state index in [1.807, 2.05) is 0 Å². The van der Waals surface area contributed by atoms with Gasteiger partial charge in [0.05, 0.1) is 6.61 Å². The Kier molecular flexibility index (Phi) is 2.99. The van der Waals surface area contributed by atoms with Gasteiger partial charge in [-0.2, -0.15) is 0 Å². The van der Waals surface area contributed by atoms with Crippen molar-refractivity contribution in [3.63, 3.8) is 0 Å². The lowest BCUT2D eigenvalue weighted by molar-refractivity contribution is -0.286. The summed E-state index contributed by atoms with van der Waals surface area (Å²) in [6.07, 6.45) is -7.04. The van der Waals surface area contributed by atoms with Gasteiger partial charge in [-0.05, 0) is 0 Å². The molecule has 1 saturated heterocycles. The highest BCUT2D eigenvalue weighted by Crippen LogP contribution is 2.18. The molecular formula is C6H12O6. The largest absolute Gasteiger partial charge is 0.394 e. The van der Waals surface area contributed by atoms with Crippen molar-refractivity contribution < 1.29 is 30.3 Å². The van der Waals surface area contributed by atoms with Crippen molar-refractivity contribution in [3.8, 4) is 0 Å². The number of aliphatic hydroxyl groups is 5. The molecule has 0 aromatic rings. The van der Waals surface area contributed by atoms with Gasteiger partial charge >= 0.3 is 0 Å². The summed E-state index contributed by atoms with van der Waals surface area (Å²) in [5.41, 5.74) is 0. The quantitative estimate of drug-likeness (QED) is 0.290. The van der Waals surface area contributed by atoms with Gasteiger partial charge < -0.3 is 30.3 Å². The van der Waals surface area contributed by atoms with Crippen molar-refractivity contribution in [2.75, 3.05) is 6.61 Å². The molecule has 1 fully saturated rings. The average Bonchev–Trinajstić information content (AvgIpc) is 2.08. The van der Waals surface area contributed by atoms with E-state index < -0.39 is 37.3 Å². The number of rotatable bonds is 1. The van der Waals surface area contributed by atoms with Crippen LogP contribution in [0, 0.1) is 0 Å². The van der Waals surface area contributed by atoms with Gasteiger partial charge in [0.15, 0.2) is 6.29 Å². The third-order valence-corrected chi connectivity index (χ3v) is 1.87. The van der Waals surface area contributed by atoms with Crippen molar-refractivity contribution in [2.24, 2.45) is 0 Å². The van der Waals surface area contributed by atoms with Crippen LogP contribution in [-0.4, -0.2) is 62.8 Å². The first-order chi connectivity index (χ1) is 5.57. The SMILES string of the molecule is OC[C@H]1OC(O)[C@H](O)C(O)C1O. The van der Waals surface area contributed by atoms with Crippen molar-refractivity contribution in [1.29, 1.82) is 0 Å². The van der Waals surface area contributed by atoms with E-state index in [4.69, 9.17) is 25.5 Å². The first-order valence-electron chi connectivity index (χ1n) is 3.56. The van der Waals surface area contributed by atoms with E-state index in [9.17, 15) is 0 Å². The molecule has 0 amide bonds. The number of ether oxygens (including phenoxy) is 1. The number of aliphatic hydroxyl groups excluding tert-OH is 5. The molecule has 1 aliphatic heterocycles. The Morgan fingerprint density at radius 2 is 1.50 bits per heavy atom. The van der Waals surface area contributed by atoms with E-state index in [1.165, 1.54) is 0 Å². The van der Waals surface area contributed by atoms with Gasteiger partial charge in [-0.25, -0.2) is 0 Å². The summed E-state index contributed by atoms with van der Waals surface area (Å²) in [4.78, 5) is 0. The molecule has 1 rings (SSSR count). The second kappa shape index (κ2) is 3.65. The molecule has 0 spiro atoms. The van der Waals surface area contributed by atoms with Crippen LogP contribution in [-0.2, 0) is 4.74 Å². The molecular weight excluding hydrogens is 168 g/mol. The minimum atomic E-state index is -1.57. The lowest BCUT2D eigenvalue weighted by Crippen LogP contribution is -2.58.